The molecular formula is C15H19NO4S. The number of β-amino-alcohol motifs (C(OH)–C–C–N with tert-alkyl or cyclic N) is 1. The van der Waals surface area contributed by atoms with Gasteiger partial charge in [-0.15, -0.1) is 0 Å². The Kier molecular flexibility index (Phi) is 4.58. The van der Waals surface area contributed by atoms with E-state index >= 15 is 0 Å². The van der Waals surface area contributed by atoms with Crippen LogP contribution < -0.4 is 0 Å². The lowest BCUT2D eigenvalue weighted by Crippen LogP contribution is -2.44. The van der Waals surface area contributed by atoms with Gasteiger partial charge < -0.3 is 15.1 Å². The van der Waals surface area contributed by atoms with Crippen LogP contribution in [0.4, 0.5) is 0 Å². The maximum absolute atomic E-state index is 12.3. The van der Waals surface area contributed by atoms with Gasteiger partial charge in [0.1, 0.15) is 11.6 Å². The largest absolute Gasteiger partial charge is 0.480 e. The molecule has 1 saturated heterocycles. The van der Waals surface area contributed by atoms with Crippen LogP contribution >= 0.6 is 12.6 Å². The van der Waals surface area contributed by atoms with Crippen LogP contribution in [0.25, 0.3) is 0 Å². The number of hydrogen-bond donors (Lipinski definition) is 3. The summed E-state index contributed by atoms with van der Waals surface area (Å²) in [5, 5.41) is 20.1. The first-order valence-corrected chi connectivity index (χ1v) is 7.44. The fourth-order valence-corrected chi connectivity index (χ4v) is 2.81. The molecule has 1 aromatic carbocycles. The third-order valence-electron chi connectivity index (χ3n) is 3.91. The number of hydrogen-bond acceptors (Lipinski definition) is 4. The molecule has 1 heterocycles. The summed E-state index contributed by atoms with van der Waals surface area (Å²) < 4.78 is 0. The Labute approximate surface area is 129 Å². The molecule has 5 nitrogen and oxygen atoms in total. The lowest BCUT2D eigenvalue weighted by Gasteiger charge is -2.26. The molecule has 1 amide bonds. The smallest absolute Gasteiger partial charge is 0.326 e. The number of aliphatic hydroxyl groups is 1. The molecule has 0 aliphatic carbocycles. The van der Waals surface area contributed by atoms with E-state index in [9.17, 15) is 19.8 Å². The second-order valence-electron chi connectivity index (χ2n) is 5.51. The Bertz CT molecular complexity index is 536. The highest BCUT2D eigenvalue weighted by Gasteiger charge is 2.49. The Balaban J connectivity index is 2.31. The second-order valence-corrected chi connectivity index (χ2v) is 5.87. The summed E-state index contributed by atoms with van der Waals surface area (Å²) in [4.78, 5) is 25.0. The van der Waals surface area contributed by atoms with Gasteiger partial charge in [0.25, 0.3) is 0 Å². The number of likely N-dealkylation sites (tertiary alicyclic amines) is 1. The number of thiol groups is 1. The first-order chi connectivity index (χ1) is 9.89. The van der Waals surface area contributed by atoms with Gasteiger partial charge in [0.15, 0.2) is 0 Å². The van der Waals surface area contributed by atoms with Crippen LogP contribution in [-0.4, -0.2) is 45.3 Å². The second kappa shape index (κ2) is 6.07. The van der Waals surface area contributed by atoms with Crippen molar-refractivity contribution in [3.63, 3.8) is 0 Å². The first-order valence-electron chi connectivity index (χ1n) is 6.81. The van der Waals surface area contributed by atoms with Crippen LogP contribution in [0.15, 0.2) is 30.3 Å². The first kappa shape index (κ1) is 15.9. The average Bonchev–Trinajstić information content (AvgIpc) is 2.86. The number of benzene rings is 1. The van der Waals surface area contributed by atoms with Crippen LogP contribution in [0, 0.1) is 5.92 Å². The van der Waals surface area contributed by atoms with Crippen molar-refractivity contribution >= 4 is 24.5 Å². The average molecular weight is 309 g/mol. The summed E-state index contributed by atoms with van der Waals surface area (Å²) >= 11 is 4.08. The van der Waals surface area contributed by atoms with E-state index in [1.165, 1.54) is 4.90 Å². The molecule has 1 unspecified atom stereocenters. The van der Waals surface area contributed by atoms with E-state index in [1.54, 1.807) is 31.2 Å². The number of carbonyl (C=O) groups is 2. The SMILES string of the molecule is CC(CS)C(=O)N1C[C@](O)(c2ccccc2)C[C@H]1C(=O)O. The summed E-state index contributed by atoms with van der Waals surface area (Å²) in [6, 6.07) is 7.87. The third-order valence-corrected chi connectivity index (χ3v) is 4.46. The van der Waals surface area contributed by atoms with E-state index in [2.05, 4.69) is 12.6 Å². The van der Waals surface area contributed by atoms with Crippen LogP contribution in [-0.2, 0) is 15.2 Å². The number of amides is 1. The van der Waals surface area contributed by atoms with E-state index < -0.39 is 17.6 Å². The van der Waals surface area contributed by atoms with Crippen molar-refractivity contribution in [3.8, 4) is 0 Å². The zero-order valence-electron chi connectivity index (χ0n) is 11.8. The van der Waals surface area contributed by atoms with Gasteiger partial charge in [-0.2, -0.15) is 12.6 Å². The minimum absolute atomic E-state index is 0.00260. The van der Waals surface area contributed by atoms with Crippen LogP contribution in [0.5, 0.6) is 0 Å². The summed E-state index contributed by atoms with van der Waals surface area (Å²) in [6.45, 7) is 1.69. The summed E-state index contributed by atoms with van der Waals surface area (Å²) in [5.41, 5.74) is -0.693. The van der Waals surface area contributed by atoms with Gasteiger partial charge in [0, 0.05) is 18.1 Å². The minimum Gasteiger partial charge on any atom is -0.480 e. The van der Waals surface area contributed by atoms with Crippen molar-refractivity contribution in [3.05, 3.63) is 35.9 Å². The molecule has 2 N–H and O–H groups in total. The number of carbonyl (C=O) groups excluding carboxylic acids is 1. The van der Waals surface area contributed by atoms with Gasteiger partial charge in [0.05, 0.1) is 6.54 Å². The highest BCUT2D eigenvalue weighted by Crippen LogP contribution is 2.36. The van der Waals surface area contributed by atoms with Crippen LogP contribution in [0.1, 0.15) is 18.9 Å². The lowest BCUT2D eigenvalue weighted by atomic mass is 9.91. The molecular weight excluding hydrogens is 290 g/mol. The number of carboxylic acid groups (broad SMARTS) is 1. The molecule has 1 aliphatic rings. The molecule has 0 spiro atoms. The minimum atomic E-state index is -1.32. The van der Waals surface area contributed by atoms with Crippen LogP contribution in [0.3, 0.4) is 0 Å². The van der Waals surface area contributed by atoms with E-state index in [0.717, 1.165) is 0 Å². The van der Waals surface area contributed by atoms with E-state index in [1.807, 2.05) is 6.07 Å². The van der Waals surface area contributed by atoms with Crippen molar-refractivity contribution < 1.29 is 19.8 Å². The lowest BCUT2D eigenvalue weighted by molar-refractivity contribution is -0.149. The summed E-state index contributed by atoms with van der Waals surface area (Å²) in [6.07, 6.45) is -0.00260. The molecule has 1 fully saturated rings. The van der Waals surface area contributed by atoms with Gasteiger partial charge in [-0.1, -0.05) is 37.3 Å². The van der Waals surface area contributed by atoms with E-state index in [0.29, 0.717) is 11.3 Å². The molecule has 0 aromatic heterocycles. The fraction of sp³-hybridized carbons (Fsp3) is 0.467. The molecule has 3 atom stereocenters. The van der Waals surface area contributed by atoms with Crippen molar-refractivity contribution in [2.45, 2.75) is 25.0 Å². The fourth-order valence-electron chi connectivity index (χ4n) is 2.66. The van der Waals surface area contributed by atoms with Crippen molar-refractivity contribution in [1.82, 2.24) is 4.90 Å². The van der Waals surface area contributed by atoms with Crippen molar-refractivity contribution in [1.29, 1.82) is 0 Å². The summed E-state index contributed by atoms with van der Waals surface area (Å²) in [5.74, 6) is -1.43. The quantitative estimate of drug-likeness (QED) is 0.729. The van der Waals surface area contributed by atoms with E-state index in [4.69, 9.17) is 0 Å². The van der Waals surface area contributed by atoms with Gasteiger partial charge in [-0.05, 0) is 5.56 Å². The number of nitrogens with zero attached hydrogens (tertiary/aromatic N) is 1. The Hall–Kier alpha value is -1.53. The maximum Gasteiger partial charge on any atom is 0.326 e. The number of rotatable bonds is 4. The zero-order valence-corrected chi connectivity index (χ0v) is 12.7. The third kappa shape index (κ3) is 3.06. The van der Waals surface area contributed by atoms with E-state index in [-0.39, 0.29) is 24.8 Å². The molecule has 0 saturated carbocycles. The number of aliphatic carboxylic acids is 1. The number of carboxylic acids is 1. The van der Waals surface area contributed by atoms with Crippen molar-refractivity contribution in [2.75, 3.05) is 12.3 Å². The molecule has 1 aromatic rings. The Morgan fingerprint density at radius 2 is 2.05 bits per heavy atom. The molecule has 0 radical (unpaired) electrons. The predicted molar refractivity (Wildman–Crippen MR) is 81.1 cm³/mol. The monoisotopic (exact) mass is 309 g/mol. The Morgan fingerprint density at radius 3 is 2.57 bits per heavy atom. The van der Waals surface area contributed by atoms with Gasteiger partial charge in [-0.3, -0.25) is 4.79 Å². The topological polar surface area (TPSA) is 77.8 Å². The van der Waals surface area contributed by atoms with Gasteiger partial charge in [0.2, 0.25) is 5.91 Å². The normalized spacial score (nSPS) is 26.6. The molecule has 114 valence electrons. The summed E-state index contributed by atoms with van der Waals surface area (Å²) in [7, 11) is 0. The molecule has 1 aliphatic heterocycles. The van der Waals surface area contributed by atoms with Gasteiger partial charge in [-0.25, -0.2) is 4.79 Å². The standard InChI is InChI=1S/C15H19NO4S/c1-10(8-21)13(17)16-9-15(20,7-12(16)14(18)19)11-5-3-2-4-6-11/h2-6,10,12,20-21H,7-9H2,1H3,(H,18,19)/t10?,12-,15-/m0/s1. The highest BCUT2D eigenvalue weighted by atomic mass is 32.1. The molecule has 6 heteroatoms. The van der Waals surface area contributed by atoms with Crippen molar-refractivity contribution in [2.24, 2.45) is 5.92 Å². The molecule has 21 heavy (non-hydrogen) atoms. The van der Waals surface area contributed by atoms with Gasteiger partial charge >= 0.3 is 5.97 Å². The molecule has 2 rings (SSSR count). The Morgan fingerprint density at radius 1 is 1.43 bits per heavy atom. The zero-order chi connectivity index (χ0) is 15.6. The predicted octanol–water partition coefficient (Wildman–Crippen LogP) is 1.13. The van der Waals surface area contributed by atoms with Crippen LogP contribution in [0.2, 0.25) is 0 Å². The maximum atomic E-state index is 12.3. The molecule has 0 bridgehead atoms. The highest BCUT2D eigenvalue weighted by molar-refractivity contribution is 7.80.